The molecular formula is C20H37IN4O2S. The number of sulfonamides is 1. The Morgan fingerprint density at radius 1 is 1.11 bits per heavy atom. The van der Waals surface area contributed by atoms with Crippen molar-refractivity contribution < 1.29 is 8.42 Å². The molecule has 0 aromatic heterocycles. The highest BCUT2D eigenvalue weighted by Crippen LogP contribution is 2.23. The molecule has 0 unspecified atom stereocenters. The van der Waals surface area contributed by atoms with Crippen molar-refractivity contribution in [2.24, 2.45) is 15.5 Å². The molecule has 4 N–H and O–H groups in total. The van der Waals surface area contributed by atoms with Gasteiger partial charge in [-0.2, -0.15) is 0 Å². The van der Waals surface area contributed by atoms with Crippen molar-refractivity contribution >= 4 is 40.0 Å². The molecule has 0 atom stereocenters. The zero-order valence-electron chi connectivity index (χ0n) is 17.6. The van der Waals surface area contributed by atoms with Crippen LogP contribution in [0.3, 0.4) is 0 Å². The summed E-state index contributed by atoms with van der Waals surface area (Å²) >= 11 is 0. The molecule has 8 heteroatoms. The zero-order valence-corrected chi connectivity index (χ0v) is 20.8. The number of hydrogen-bond donors (Lipinski definition) is 3. The molecule has 0 aliphatic carbocycles. The Morgan fingerprint density at radius 2 is 1.75 bits per heavy atom. The van der Waals surface area contributed by atoms with Crippen LogP contribution in [0.15, 0.2) is 34.2 Å². The summed E-state index contributed by atoms with van der Waals surface area (Å²) in [5, 5.41) is 11.8. The fourth-order valence-electron chi connectivity index (χ4n) is 2.74. The number of nitrogens with zero attached hydrogens (tertiary/aromatic N) is 1. The van der Waals surface area contributed by atoms with Crippen LogP contribution in [0, 0.1) is 5.41 Å². The van der Waals surface area contributed by atoms with E-state index in [2.05, 4.69) is 38.3 Å². The van der Waals surface area contributed by atoms with E-state index in [0.717, 1.165) is 37.6 Å². The van der Waals surface area contributed by atoms with Gasteiger partial charge in [0.15, 0.2) is 5.96 Å². The highest BCUT2D eigenvalue weighted by Gasteiger charge is 2.17. The second-order valence-corrected chi connectivity index (χ2v) is 9.24. The van der Waals surface area contributed by atoms with E-state index in [9.17, 15) is 8.42 Å². The van der Waals surface area contributed by atoms with Crippen molar-refractivity contribution in [3.8, 4) is 0 Å². The molecule has 1 aromatic carbocycles. The molecule has 0 radical (unpaired) electrons. The van der Waals surface area contributed by atoms with Crippen molar-refractivity contribution in [1.82, 2.24) is 10.6 Å². The molecule has 0 aliphatic rings. The highest BCUT2D eigenvalue weighted by atomic mass is 127. The van der Waals surface area contributed by atoms with Gasteiger partial charge >= 0.3 is 0 Å². The summed E-state index contributed by atoms with van der Waals surface area (Å²) in [6, 6.07) is 6.68. The maximum atomic E-state index is 11.3. The number of primary sulfonamides is 1. The van der Waals surface area contributed by atoms with Crippen LogP contribution in [0.1, 0.15) is 58.9 Å². The van der Waals surface area contributed by atoms with Gasteiger partial charge in [0, 0.05) is 19.6 Å². The van der Waals surface area contributed by atoms with Crippen LogP contribution in [0.4, 0.5) is 0 Å². The number of unbranched alkanes of at least 4 members (excludes halogenated alkanes) is 2. The van der Waals surface area contributed by atoms with Crippen LogP contribution in [-0.2, 0) is 16.4 Å². The largest absolute Gasteiger partial charge is 0.357 e. The molecule has 0 spiro atoms. The Morgan fingerprint density at radius 3 is 2.29 bits per heavy atom. The van der Waals surface area contributed by atoms with Crippen molar-refractivity contribution in [2.75, 3.05) is 19.6 Å². The third-order valence-corrected chi connectivity index (χ3v) is 5.35. The van der Waals surface area contributed by atoms with E-state index < -0.39 is 10.0 Å². The predicted molar refractivity (Wildman–Crippen MR) is 129 cm³/mol. The third kappa shape index (κ3) is 11.2. The van der Waals surface area contributed by atoms with Crippen LogP contribution in [0.2, 0.25) is 0 Å². The number of hydrogen-bond acceptors (Lipinski definition) is 3. The summed E-state index contributed by atoms with van der Waals surface area (Å²) in [6.07, 6.45) is 5.71. The first kappa shape index (κ1) is 27.1. The van der Waals surface area contributed by atoms with Crippen LogP contribution >= 0.6 is 24.0 Å². The molecule has 1 rings (SSSR count). The maximum Gasteiger partial charge on any atom is 0.238 e. The summed E-state index contributed by atoms with van der Waals surface area (Å²) in [5.74, 6) is 0.822. The maximum absolute atomic E-state index is 11.3. The average molecular weight is 525 g/mol. The molecule has 0 aliphatic heterocycles. The smallest absolute Gasteiger partial charge is 0.238 e. The van der Waals surface area contributed by atoms with E-state index in [1.165, 1.54) is 25.7 Å². The van der Waals surface area contributed by atoms with Gasteiger partial charge in [-0.05, 0) is 42.9 Å². The monoisotopic (exact) mass is 524 g/mol. The van der Waals surface area contributed by atoms with Gasteiger partial charge in [0.1, 0.15) is 0 Å². The zero-order chi connectivity index (χ0) is 20.3. The van der Waals surface area contributed by atoms with E-state index in [1.54, 1.807) is 24.3 Å². The lowest BCUT2D eigenvalue weighted by Gasteiger charge is -2.23. The van der Waals surface area contributed by atoms with Crippen LogP contribution in [-0.4, -0.2) is 34.0 Å². The summed E-state index contributed by atoms with van der Waals surface area (Å²) in [5.41, 5.74) is 1.24. The average Bonchev–Trinajstić information content (AvgIpc) is 2.59. The van der Waals surface area contributed by atoms with Gasteiger partial charge in [-0.1, -0.05) is 52.2 Å². The minimum Gasteiger partial charge on any atom is -0.357 e. The Hall–Kier alpha value is -0.870. The highest BCUT2D eigenvalue weighted by molar-refractivity contribution is 14.0. The summed E-state index contributed by atoms with van der Waals surface area (Å²) < 4.78 is 22.6. The molecule has 1 aromatic rings. The fraction of sp³-hybridized carbons (Fsp3) is 0.650. The van der Waals surface area contributed by atoms with Crippen molar-refractivity contribution in [3.05, 3.63) is 29.8 Å². The van der Waals surface area contributed by atoms with E-state index in [4.69, 9.17) is 10.1 Å². The predicted octanol–water partition coefficient (Wildman–Crippen LogP) is 3.66. The second-order valence-electron chi connectivity index (χ2n) is 7.68. The number of aliphatic imine (C=N–C) groups is 1. The van der Waals surface area contributed by atoms with Crippen LogP contribution in [0.5, 0.6) is 0 Å². The second kappa shape index (κ2) is 13.4. The Balaban J connectivity index is 0.00000729. The quantitative estimate of drug-likeness (QED) is 0.178. The molecule has 0 amide bonds. The number of halogens is 1. The molecule has 6 nitrogen and oxygen atoms in total. The van der Waals surface area contributed by atoms with Crippen LogP contribution in [0.25, 0.3) is 0 Å². The number of nitrogens with one attached hydrogen (secondary N) is 2. The number of guanidine groups is 1. The van der Waals surface area contributed by atoms with Gasteiger partial charge in [-0.25, -0.2) is 13.6 Å². The van der Waals surface area contributed by atoms with E-state index in [0.29, 0.717) is 0 Å². The van der Waals surface area contributed by atoms with Gasteiger partial charge in [0.05, 0.1) is 4.90 Å². The molecule has 0 bridgehead atoms. The minimum absolute atomic E-state index is 0. The first-order chi connectivity index (χ1) is 12.7. The first-order valence-corrected chi connectivity index (χ1v) is 11.4. The minimum atomic E-state index is -3.64. The van der Waals surface area contributed by atoms with Gasteiger partial charge in [-0.3, -0.25) is 4.99 Å². The lowest BCUT2D eigenvalue weighted by atomic mass is 9.87. The Labute approximate surface area is 188 Å². The van der Waals surface area contributed by atoms with Gasteiger partial charge in [0.2, 0.25) is 10.0 Å². The number of rotatable bonds is 11. The van der Waals surface area contributed by atoms with Crippen molar-refractivity contribution in [3.63, 3.8) is 0 Å². The molecule has 28 heavy (non-hydrogen) atoms. The molecule has 0 heterocycles. The summed E-state index contributed by atoms with van der Waals surface area (Å²) in [4.78, 5) is 4.88. The van der Waals surface area contributed by atoms with Crippen LogP contribution < -0.4 is 15.8 Å². The summed E-state index contributed by atoms with van der Waals surface area (Å²) in [6.45, 7) is 11.1. The summed E-state index contributed by atoms with van der Waals surface area (Å²) in [7, 11) is -3.64. The van der Waals surface area contributed by atoms with E-state index >= 15 is 0 Å². The Kier molecular flexibility index (Phi) is 13.0. The molecule has 162 valence electrons. The van der Waals surface area contributed by atoms with Gasteiger partial charge < -0.3 is 10.6 Å². The van der Waals surface area contributed by atoms with Gasteiger partial charge in [-0.15, -0.1) is 24.0 Å². The van der Waals surface area contributed by atoms with E-state index in [-0.39, 0.29) is 34.3 Å². The molecule has 0 saturated carbocycles. The molecule has 0 saturated heterocycles. The normalized spacial score (nSPS) is 12.4. The molecule has 0 fully saturated rings. The van der Waals surface area contributed by atoms with Crippen molar-refractivity contribution in [1.29, 1.82) is 0 Å². The Bertz CT molecular complexity index is 689. The van der Waals surface area contributed by atoms with E-state index in [1.807, 2.05) is 0 Å². The standard InChI is InChI=1S/C20H36N4O2S.HI/c1-5-7-8-14-20(3,4)16-24-19(22-6-2)23-15-13-17-9-11-18(12-10-17)27(21,25)26;/h9-12H,5-8,13-16H2,1-4H3,(H2,21,25,26)(H2,22,23,24);1H. The lowest BCUT2D eigenvalue weighted by Crippen LogP contribution is -2.39. The van der Waals surface area contributed by atoms with Gasteiger partial charge in [0.25, 0.3) is 0 Å². The first-order valence-electron chi connectivity index (χ1n) is 9.82. The number of nitrogens with two attached hydrogens (primary N) is 1. The molecular weight excluding hydrogens is 487 g/mol. The van der Waals surface area contributed by atoms with Crippen molar-refractivity contribution in [2.45, 2.75) is 64.7 Å². The number of benzene rings is 1. The fourth-order valence-corrected chi connectivity index (χ4v) is 3.25. The SMILES string of the molecule is CCCCCC(C)(C)CN=C(NCC)NCCc1ccc(S(N)(=O)=O)cc1.I. The topological polar surface area (TPSA) is 96.6 Å². The lowest BCUT2D eigenvalue weighted by molar-refractivity contribution is 0.332. The third-order valence-electron chi connectivity index (χ3n) is 4.42.